The molecule has 1 heterocycles. The minimum atomic E-state index is -5.41. The van der Waals surface area contributed by atoms with Crippen LogP contribution in [0.1, 0.15) is 0 Å². The Balaban J connectivity index is 0. The van der Waals surface area contributed by atoms with Crippen molar-refractivity contribution >= 4 is 7.82 Å². The van der Waals surface area contributed by atoms with E-state index in [0.717, 1.165) is 0 Å². The molecule has 96 valence electrons. The number of rotatable bonds is 3. The second kappa shape index (κ2) is 9.04. The van der Waals surface area contributed by atoms with Crippen LogP contribution in [0.4, 0.5) is 0 Å². The summed E-state index contributed by atoms with van der Waals surface area (Å²) < 4.78 is 18.7. The van der Waals surface area contributed by atoms with Gasteiger partial charge < -0.3 is 44.0 Å². The van der Waals surface area contributed by atoms with Crippen molar-refractivity contribution in [3.8, 4) is 0 Å². The first-order chi connectivity index (χ1) is 7.26. The molecule has 2 unspecified atom stereocenters. The summed E-state index contributed by atoms with van der Waals surface area (Å²) >= 11 is 0. The Morgan fingerprint density at radius 3 is 2.00 bits per heavy atom. The minimum absolute atomic E-state index is 0. The molecule has 1 aliphatic rings. The Morgan fingerprint density at radius 2 is 1.61 bits per heavy atom. The number of hydrogen-bond donors (Lipinski definition) is 4. The second-order valence-electron chi connectivity index (χ2n) is 3.25. The number of hydrogen-bond acceptors (Lipinski definition) is 9. The maximum Gasteiger partial charge on any atom is 1.00 e. The van der Waals surface area contributed by atoms with E-state index < -0.39 is 45.1 Å². The van der Waals surface area contributed by atoms with E-state index in [9.17, 15) is 29.7 Å². The van der Waals surface area contributed by atoms with E-state index in [0.29, 0.717) is 0 Å². The molecule has 1 rings (SSSR count). The van der Waals surface area contributed by atoms with Crippen LogP contribution in [0.2, 0.25) is 0 Å². The molecule has 9 nitrogen and oxygen atoms in total. The van der Waals surface area contributed by atoms with Crippen LogP contribution in [0.25, 0.3) is 0 Å². The van der Waals surface area contributed by atoms with Crippen LogP contribution in [0, 0.1) is 0 Å². The predicted molar refractivity (Wildman–Crippen MR) is 42.5 cm³/mol. The van der Waals surface area contributed by atoms with Crippen molar-refractivity contribution < 1.29 is 103 Å². The normalized spacial score (nSPS) is 36.4. The third-order valence-electron chi connectivity index (χ3n) is 2.08. The largest absolute Gasteiger partial charge is 1.00 e. The smallest absolute Gasteiger partial charge is 0.790 e. The molecule has 5 atom stereocenters. The van der Waals surface area contributed by atoms with E-state index in [2.05, 4.69) is 9.26 Å². The fourth-order valence-electron chi connectivity index (χ4n) is 1.28. The van der Waals surface area contributed by atoms with E-state index in [-0.39, 0.29) is 59.1 Å². The van der Waals surface area contributed by atoms with Gasteiger partial charge in [-0.05, 0) is 0 Å². The van der Waals surface area contributed by atoms with E-state index >= 15 is 0 Å². The maximum absolute atomic E-state index is 10.3. The third kappa shape index (κ3) is 6.13. The number of ether oxygens (including phenoxy) is 1. The van der Waals surface area contributed by atoms with Gasteiger partial charge in [-0.1, -0.05) is 0 Å². The van der Waals surface area contributed by atoms with Gasteiger partial charge in [0.25, 0.3) is 0 Å². The molecule has 4 N–H and O–H groups in total. The summed E-state index contributed by atoms with van der Waals surface area (Å²) in [6.07, 6.45) is -8.61. The van der Waals surface area contributed by atoms with Crippen molar-refractivity contribution in [3.63, 3.8) is 0 Å². The molecule has 0 bridgehead atoms. The second-order valence-corrected chi connectivity index (χ2v) is 4.36. The van der Waals surface area contributed by atoms with Gasteiger partial charge in [-0.3, -0.25) is 0 Å². The van der Waals surface area contributed by atoms with Crippen molar-refractivity contribution in [1.29, 1.82) is 0 Å². The van der Waals surface area contributed by atoms with Crippen LogP contribution in [0.15, 0.2) is 0 Å². The van der Waals surface area contributed by atoms with Gasteiger partial charge in [0.1, 0.15) is 24.4 Å². The Hall–Kier alpha value is 1.91. The molecule has 1 fully saturated rings. The van der Waals surface area contributed by atoms with E-state index in [1.165, 1.54) is 0 Å². The number of aliphatic hydroxyl groups excluding tert-OH is 4. The first-order valence-electron chi connectivity index (χ1n) is 4.27. The molecule has 0 amide bonds. The number of phosphoric acid groups is 1. The molecule has 0 aromatic carbocycles. The first kappa shape index (κ1) is 22.2. The van der Waals surface area contributed by atoms with Gasteiger partial charge in [0.15, 0.2) is 6.29 Å². The van der Waals surface area contributed by atoms with Crippen LogP contribution in [0.3, 0.4) is 0 Å². The summed E-state index contributed by atoms with van der Waals surface area (Å²) in [4.78, 5) is 20.6. The average molecular weight is 304 g/mol. The van der Waals surface area contributed by atoms with Gasteiger partial charge in [-0.2, -0.15) is 0 Å². The molecule has 0 aliphatic carbocycles. The molecular formula is C6H11Na2O9P. The SMILES string of the molecule is O=P([O-])([O-])O[C@@H]1OC(CO)[C@H](O)[C@H](O)C1O.[Na+].[Na+]. The third-order valence-corrected chi connectivity index (χ3v) is 2.55. The van der Waals surface area contributed by atoms with Crippen LogP contribution in [-0.2, 0) is 13.8 Å². The summed E-state index contributed by atoms with van der Waals surface area (Å²) in [5.74, 6) is 0. The molecule has 0 aromatic rings. The van der Waals surface area contributed by atoms with Crippen LogP contribution in [0.5, 0.6) is 0 Å². The van der Waals surface area contributed by atoms with Gasteiger partial charge in [0.2, 0.25) is 0 Å². The zero-order valence-corrected chi connectivity index (χ0v) is 14.8. The van der Waals surface area contributed by atoms with Gasteiger partial charge in [0.05, 0.1) is 14.4 Å². The van der Waals surface area contributed by atoms with Gasteiger partial charge in [-0.15, -0.1) is 0 Å². The summed E-state index contributed by atoms with van der Waals surface area (Å²) in [5.41, 5.74) is 0. The standard InChI is InChI=1S/C6H13O9P.2Na/c7-1-2-3(8)4(9)5(10)6(14-2)15-16(11,12)13;;/h2-10H,1H2,(H2,11,12,13);;/q;2*+1/p-2/t2?,3-,4-,5?,6-;;/m0../s1. The summed E-state index contributed by atoms with van der Waals surface area (Å²) in [6.45, 7) is -0.743. The van der Waals surface area contributed by atoms with Gasteiger partial charge in [-0.25, -0.2) is 0 Å². The molecule has 0 spiro atoms. The van der Waals surface area contributed by atoms with Crippen molar-refractivity contribution in [2.24, 2.45) is 0 Å². The van der Waals surface area contributed by atoms with Crippen molar-refractivity contribution in [1.82, 2.24) is 0 Å². The van der Waals surface area contributed by atoms with Crippen molar-refractivity contribution in [2.45, 2.75) is 30.7 Å². The van der Waals surface area contributed by atoms with Crippen LogP contribution < -0.4 is 68.9 Å². The Kier molecular flexibility index (Phi) is 11.1. The molecule has 1 saturated heterocycles. The summed E-state index contributed by atoms with van der Waals surface area (Å²) in [7, 11) is -5.41. The fourth-order valence-corrected chi connectivity index (χ4v) is 1.71. The Morgan fingerprint density at radius 1 is 1.11 bits per heavy atom. The molecule has 0 radical (unpaired) electrons. The van der Waals surface area contributed by atoms with Crippen molar-refractivity contribution in [3.05, 3.63) is 0 Å². The zero-order valence-electron chi connectivity index (χ0n) is 9.87. The Labute approximate surface area is 147 Å². The molecule has 12 heteroatoms. The first-order valence-corrected chi connectivity index (χ1v) is 5.73. The molecule has 1 aliphatic heterocycles. The summed E-state index contributed by atoms with van der Waals surface area (Å²) in [6, 6.07) is 0. The van der Waals surface area contributed by atoms with E-state index in [1.54, 1.807) is 0 Å². The quantitative estimate of drug-likeness (QED) is 0.293. The summed E-state index contributed by atoms with van der Waals surface area (Å²) in [5, 5.41) is 36.5. The van der Waals surface area contributed by atoms with Gasteiger partial charge in [0, 0.05) is 0 Å². The number of aliphatic hydroxyl groups is 4. The predicted octanol–water partition coefficient (Wildman–Crippen LogP) is -10.4. The molecular weight excluding hydrogens is 293 g/mol. The van der Waals surface area contributed by atoms with E-state index in [4.69, 9.17) is 5.11 Å². The van der Waals surface area contributed by atoms with Crippen molar-refractivity contribution in [2.75, 3.05) is 6.61 Å². The topological polar surface area (TPSA) is 163 Å². The number of phosphoric ester groups is 1. The van der Waals surface area contributed by atoms with Crippen LogP contribution in [-0.4, -0.2) is 57.7 Å². The molecule has 0 saturated carbocycles. The Bertz CT molecular complexity index is 284. The van der Waals surface area contributed by atoms with E-state index in [1.807, 2.05) is 0 Å². The van der Waals surface area contributed by atoms with Crippen LogP contribution >= 0.6 is 7.82 Å². The molecule has 0 aromatic heterocycles. The zero-order chi connectivity index (χ0) is 12.5. The average Bonchev–Trinajstić information content (AvgIpc) is 2.17. The maximum atomic E-state index is 10.3. The van der Waals surface area contributed by atoms with Gasteiger partial charge >= 0.3 is 59.1 Å². The molecule has 18 heavy (non-hydrogen) atoms. The minimum Gasteiger partial charge on any atom is -0.790 e. The monoisotopic (exact) mass is 304 g/mol. The fraction of sp³-hybridized carbons (Fsp3) is 1.00.